The third-order valence-corrected chi connectivity index (χ3v) is 3.95. The minimum absolute atomic E-state index is 0.0133. The molecule has 0 spiro atoms. The van der Waals surface area contributed by atoms with Crippen molar-refractivity contribution >= 4 is 34.6 Å². The summed E-state index contributed by atoms with van der Waals surface area (Å²) in [6, 6.07) is 6.52. The van der Waals surface area contributed by atoms with Gasteiger partial charge in [-0.05, 0) is 11.6 Å². The molecule has 0 bridgehead atoms. The minimum atomic E-state index is -1.02. The average Bonchev–Trinajstić information content (AvgIpc) is 3.12. The van der Waals surface area contributed by atoms with E-state index in [1.807, 2.05) is 24.3 Å². The molecule has 1 saturated heterocycles. The number of nitrogens with zero attached hydrogens (tertiary/aromatic N) is 1. The van der Waals surface area contributed by atoms with Crippen molar-refractivity contribution in [3.63, 3.8) is 0 Å². The number of carbonyl (C=O) groups is 4. The molecule has 0 saturated carbocycles. The Kier molecular flexibility index (Phi) is 4.51. The predicted molar refractivity (Wildman–Crippen MR) is 86.8 cm³/mol. The lowest BCUT2D eigenvalue weighted by atomic mass is 10.1. The van der Waals surface area contributed by atoms with Crippen LogP contribution in [0.25, 0.3) is 10.9 Å². The Labute approximate surface area is 143 Å². The van der Waals surface area contributed by atoms with Crippen molar-refractivity contribution in [1.82, 2.24) is 15.4 Å². The van der Waals surface area contributed by atoms with E-state index in [0.29, 0.717) is 5.06 Å². The van der Waals surface area contributed by atoms with E-state index in [4.69, 9.17) is 4.84 Å². The molecule has 1 aliphatic heterocycles. The zero-order valence-electron chi connectivity index (χ0n) is 13.6. The first-order valence-corrected chi connectivity index (χ1v) is 7.85. The Morgan fingerprint density at radius 1 is 1.24 bits per heavy atom. The van der Waals surface area contributed by atoms with Gasteiger partial charge in [-0.25, -0.2) is 4.79 Å². The molecule has 3 amide bonds. The van der Waals surface area contributed by atoms with E-state index in [9.17, 15) is 19.2 Å². The summed E-state index contributed by atoms with van der Waals surface area (Å²) in [6.45, 7) is 1.28. The fraction of sp³-hybridized carbons (Fsp3) is 0.294. The van der Waals surface area contributed by atoms with Gasteiger partial charge in [0, 0.05) is 43.3 Å². The number of hydrogen-bond donors (Lipinski definition) is 2. The number of benzene rings is 1. The van der Waals surface area contributed by atoms with Crippen molar-refractivity contribution in [1.29, 1.82) is 0 Å². The highest BCUT2D eigenvalue weighted by atomic mass is 16.7. The highest BCUT2D eigenvalue weighted by molar-refractivity contribution is 6.02. The lowest BCUT2D eigenvalue weighted by Gasteiger charge is -2.19. The van der Waals surface area contributed by atoms with E-state index in [0.717, 1.165) is 16.5 Å². The number of hydroxylamine groups is 2. The summed E-state index contributed by atoms with van der Waals surface area (Å²) in [4.78, 5) is 55.0. The number of hydrogen-bond acceptors (Lipinski definition) is 5. The number of imide groups is 1. The molecule has 0 unspecified atom stereocenters. The number of amides is 3. The molecule has 1 fully saturated rings. The van der Waals surface area contributed by atoms with Gasteiger partial charge in [0.05, 0.1) is 0 Å². The van der Waals surface area contributed by atoms with Gasteiger partial charge in [0.2, 0.25) is 5.91 Å². The first-order chi connectivity index (χ1) is 12.0. The highest BCUT2D eigenvalue weighted by Gasteiger charge is 2.35. The summed E-state index contributed by atoms with van der Waals surface area (Å²) in [7, 11) is 0. The zero-order valence-corrected chi connectivity index (χ0v) is 13.6. The maximum Gasteiger partial charge on any atom is 0.355 e. The van der Waals surface area contributed by atoms with Gasteiger partial charge in [-0.2, -0.15) is 0 Å². The number of aromatic nitrogens is 1. The largest absolute Gasteiger partial charge is 0.361 e. The number of aromatic amines is 1. The number of carbonyl (C=O) groups excluding carboxylic acids is 4. The van der Waals surface area contributed by atoms with Crippen LogP contribution >= 0.6 is 0 Å². The summed E-state index contributed by atoms with van der Waals surface area (Å²) in [5.74, 6) is -2.40. The Hall–Kier alpha value is -3.16. The van der Waals surface area contributed by atoms with Crippen LogP contribution in [-0.4, -0.2) is 39.8 Å². The third kappa shape index (κ3) is 3.52. The number of rotatable bonds is 5. The van der Waals surface area contributed by atoms with Gasteiger partial charge in [0.15, 0.2) is 0 Å². The van der Waals surface area contributed by atoms with Gasteiger partial charge in [0.25, 0.3) is 11.8 Å². The predicted octanol–water partition coefficient (Wildman–Crippen LogP) is 0.822. The van der Waals surface area contributed by atoms with Crippen LogP contribution in [0.3, 0.4) is 0 Å². The van der Waals surface area contributed by atoms with Gasteiger partial charge in [-0.1, -0.05) is 18.2 Å². The van der Waals surface area contributed by atoms with Crippen LogP contribution in [0.15, 0.2) is 30.5 Å². The molecule has 0 aliphatic carbocycles. The fourth-order valence-corrected chi connectivity index (χ4v) is 2.77. The minimum Gasteiger partial charge on any atom is -0.361 e. The Balaban J connectivity index is 1.79. The normalized spacial score (nSPS) is 15.5. The molecule has 3 rings (SSSR count). The molecule has 2 N–H and O–H groups in total. The molecule has 1 atom stereocenters. The quantitative estimate of drug-likeness (QED) is 0.782. The van der Waals surface area contributed by atoms with Crippen LogP contribution in [0.4, 0.5) is 0 Å². The molecule has 0 radical (unpaired) electrons. The van der Waals surface area contributed by atoms with E-state index in [2.05, 4.69) is 10.3 Å². The summed E-state index contributed by atoms with van der Waals surface area (Å²) in [5, 5.41) is 3.90. The van der Waals surface area contributed by atoms with E-state index < -0.39 is 29.7 Å². The lowest BCUT2D eigenvalue weighted by Crippen LogP contribution is -2.45. The highest BCUT2D eigenvalue weighted by Crippen LogP contribution is 2.20. The molecular weight excluding hydrogens is 326 g/mol. The van der Waals surface area contributed by atoms with Gasteiger partial charge in [-0.3, -0.25) is 14.4 Å². The van der Waals surface area contributed by atoms with Crippen LogP contribution in [0.2, 0.25) is 0 Å². The summed E-state index contributed by atoms with van der Waals surface area (Å²) in [6.07, 6.45) is 1.94. The molecule has 1 aromatic heterocycles. The Bertz CT molecular complexity index is 841. The second-order valence-electron chi connectivity index (χ2n) is 5.81. The first-order valence-electron chi connectivity index (χ1n) is 7.85. The zero-order chi connectivity index (χ0) is 18.0. The fourth-order valence-electron chi connectivity index (χ4n) is 2.77. The van der Waals surface area contributed by atoms with Crippen molar-refractivity contribution in [3.8, 4) is 0 Å². The molecule has 25 heavy (non-hydrogen) atoms. The average molecular weight is 343 g/mol. The molecule has 130 valence electrons. The van der Waals surface area contributed by atoms with Crippen LogP contribution in [0.1, 0.15) is 25.3 Å². The number of fused-ring (bicyclic) bond motifs is 1. The molecule has 2 heterocycles. The smallest absolute Gasteiger partial charge is 0.355 e. The van der Waals surface area contributed by atoms with Crippen molar-refractivity contribution in [2.24, 2.45) is 0 Å². The van der Waals surface area contributed by atoms with Crippen LogP contribution in [-0.2, 0) is 30.4 Å². The van der Waals surface area contributed by atoms with Crippen molar-refractivity contribution < 1.29 is 24.0 Å². The first kappa shape index (κ1) is 16.7. The van der Waals surface area contributed by atoms with Crippen LogP contribution in [0, 0.1) is 0 Å². The van der Waals surface area contributed by atoms with Crippen LogP contribution < -0.4 is 5.32 Å². The molecule has 1 aliphatic rings. The van der Waals surface area contributed by atoms with Gasteiger partial charge in [-0.15, -0.1) is 5.06 Å². The second-order valence-corrected chi connectivity index (χ2v) is 5.81. The number of H-pyrrole nitrogens is 1. The monoisotopic (exact) mass is 343 g/mol. The standard InChI is InChI=1S/C17H17N3O5/c1-10(21)19-14(17(24)25-20-15(22)6-7-16(20)23)8-11-9-18-13-5-3-2-4-12(11)13/h2-5,9,14,18H,6-8H2,1H3,(H,19,21)/t14-/m0/s1. The lowest BCUT2D eigenvalue weighted by molar-refractivity contribution is -0.199. The van der Waals surface area contributed by atoms with E-state index in [1.165, 1.54) is 6.92 Å². The molecular formula is C17H17N3O5. The topological polar surface area (TPSA) is 109 Å². The number of para-hydroxylation sites is 1. The molecule has 2 aromatic rings. The Morgan fingerprint density at radius 3 is 2.60 bits per heavy atom. The summed E-state index contributed by atoms with van der Waals surface area (Å²) < 4.78 is 0. The van der Waals surface area contributed by atoms with Gasteiger partial charge >= 0.3 is 5.97 Å². The van der Waals surface area contributed by atoms with Crippen molar-refractivity contribution in [2.45, 2.75) is 32.2 Å². The maximum absolute atomic E-state index is 12.4. The summed E-state index contributed by atoms with van der Waals surface area (Å²) >= 11 is 0. The second kappa shape index (κ2) is 6.76. The van der Waals surface area contributed by atoms with Crippen molar-refractivity contribution in [2.75, 3.05) is 0 Å². The molecule has 1 aromatic carbocycles. The maximum atomic E-state index is 12.4. The van der Waals surface area contributed by atoms with Crippen molar-refractivity contribution in [3.05, 3.63) is 36.0 Å². The molecule has 8 heteroatoms. The van der Waals surface area contributed by atoms with Gasteiger partial charge < -0.3 is 15.1 Å². The van der Waals surface area contributed by atoms with E-state index >= 15 is 0 Å². The SMILES string of the molecule is CC(=O)N[C@@H](Cc1c[nH]c2ccccc12)C(=O)ON1C(=O)CCC1=O. The third-order valence-electron chi connectivity index (χ3n) is 3.95. The van der Waals surface area contributed by atoms with Gasteiger partial charge in [0.1, 0.15) is 6.04 Å². The number of nitrogens with one attached hydrogen (secondary N) is 2. The van der Waals surface area contributed by atoms with Crippen LogP contribution in [0.5, 0.6) is 0 Å². The Morgan fingerprint density at radius 2 is 1.92 bits per heavy atom. The molecule has 8 nitrogen and oxygen atoms in total. The van der Waals surface area contributed by atoms with E-state index in [-0.39, 0.29) is 19.3 Å². The summed E-state index contributed by atoms with van der Waals surface area (Å²) in [5.41, 5.74) is 1.71. The van der Waals surface area contributed by atoms with E-state index in [1.54, 1.807) is 6.20 Å².